The highest BCUT2D eigenvalue weighted by Crippen LogP contribution is 2.23. The first kappa shape index (κ1) is 10.3. The van der Waals surface area contributed by atoms with E-state index in [1.165, 1.54) is 11.1 Å². The van der Waals surface area contributed by atoms with Crippen molar-refractivity contribution in [2.24, 2.45) is 0 Å². The summed E-state index contributed by atoms with van der Waals surface area (Å²) in [7, 11) is 0. The number of aliphatic hydroxyl groups is 1. The number of benzene rings is 1. The maximum atomic E-state index is 9.24. The molecule has 0 saturated heterocycles. The van der Waals surface area contributed by atoms with Gasteiger partial charge in [-0.05, 0) is 24.5 Å². The molecular formula is C12H18O. The maximum Gasteiger partial charge on any atom is 0.0499 e. The van der Waals surface area contributed by atoms with Gasteiger partial charge in [0.1, 0.15) is 0 Å². The Morgan fingerprint density at radius 1 is 1.31 bits per heavy atom. The predicted octanol–water partition coefficient (Wildman–Crippen LogP) is 2.87. The third-order valence-corrected chi connectivity index (χ3v) is 2.49. The lowest BCUT2D eigenvalue weighted by atomic mass is 9.92. The molecule has 1 rings (SSSR count). The molecule has 0 amide bonds. The van der Waals surface area contributed by atoms with E-state index in [0.717, 1.165) is 12.8 Å². The minimum atomic E-state index is 0.263. The van der Waals surface area contributed by atoms with Crippen LogP contribution in [0.25, 0.3) is 0 Å². The van der Waals surface area contributed by atoms with E-state index in [9.17, 15) is 5.11 Å². The molecule has 0 fully saturated rings. The number of rotatable bonds is 4. The van der Waals surface area contributed by atoms with E-state index in [1.807, 2.05) is 12.1 Å². The molecular weight excluding hydrogens is 160 g/mol. The summed E-state index contributed by atoms with van der Waals surface area (Å²) in [6, 6.07) is 8.30. The van der Waals surface area contributed by atoms with Gasteiger partial charge in [0.05, 0.1) is 0 Å². The van der Waals surface area contributed by atoms with Crippen molar-refractivity contribution in [3.63, 3.8) is 0 Å². The molecule has 1 aromatic carbocycles. The van der Waals surface area contributed by atoms with Crippen LogP contribution < -0.4 is 0 Å². The van der Waals surface area contributed by atoms with Crippen molar-refractivity contribution < 1.29 is 5.11 Å². The summed E-state index contributed by atoms with van der Waals surface area (Å²) in [5.74, 6) is 0.325. The largest absolute Gasteiger partial charge is 0.396 e. The molecule has 72 valence electrons. The van der Waals surface area contributed by atoms with Crippen LogP contribution in [0.5, 0.6) is 0 Å². The first-order valence-electron chi connectivity index (χ1n) is 4.96. The Morgan fingerprint density at radius 3 is 2.54 bits per heavy atom. The summed E-state index contributed by atoms with van der Waals surface area (Å²) < 4.78 is 0. The molecule has 0 radical (unpaired) electrons. The van der Waals surface area contributed by atoms with Gasteiger partial charge in [0, 0.05) is 12.5 Å². The lowest BCUT2D eigenvalue weighted by Gasteiger charge is -2.15. The third kappa shape index (κ3) is 2.56. The van der Waals surface area contributed by atoms with Crippen molar-refractivity contribution in [1.29, 1.82) is 0 Å². The van der Waals surface area contributed by atoms with Crippen LogP contribution in [0.4, 0.5) is 0 Å². The fraction of sp³-hybridized carbons (Fsp3) is 0.500. The van der Waals surface area contributed by atoms with E-state index in [0.29, 0.717) is 5.92 Å². The second-order valence-electron chi connectivity index (χ2n) is 3.52. The molecule has 1 unspecified atom stereocenters. The Kier molecular flexibility index (Phi) is 3.97. The number of hydrogen-bond acceptors (Lipinski definition) is 1. The van der Waals surface area contributed by atoms with E-state index in [2.05, 4.69) is 26.0 Å². The van der Waals surface area contributed by atoms with Crippen LogP contribution in [-0.4, -0.2) is 11.7 Å². The van der Waals surface area contributed by atoms with E-state index in [1.54, 1.807) is 0 Å². The monoisotopic (exact) mass is 178 g/mol. The Balaban J connectivity index is 2.84. The topological polar surface area (TPSA) is 20.2 Å². The second-order valence-corrected chi connectivity index (χ2v) is 3.52. The number of hydrogen-bond donors (Lipinski definition) is 1. The molecule has 1 atom stereocenters. The Hall–Kier alpha value is -0.820. The van der Waals surface area contributed by atoms with Gasteiger partial charge in [0.15, 0.2) is 0 Å². The van der Waals surface area contributed by atoms with Gasteiger partial charge in [0.25, 0.3) is 0 Å². The second kappa shape index (κ2) is 5.03. The first-order valence-corrected chi connectivity index (χ1v) is 4.96. The van der Waals surface area contributed by atoms with Gasteiger partial charge in [0.2, 0.25) is 0 Å². The van der Waals surface area contributed by atoms with Crippen LogP contribution in [0.2, 0.25) is 0 Å². The summed E-state index contributed by atoms with van der Waals surface area (Å²) >= 11 is 0. The van der Waals surface area contributed by atoms with Crippen LogP contribution in [0.3, 0.4) is 0 Å². The van der Waals surface area contributed by atoms with Crippen molar-refractivity contribution in [1.82, 2.24) is 0 Å². The summed E-state index contributed by atoms with van der Waals surface area (Å²) in [6.45, 7) is 4.52. The molecule has 1 aromatic rings. The minimum Gasteiger partial charge on any atom is -0.396 e. The van der Waals surface area contributed by atoms with Crippen molar-refractivity contribution in [3.05, 3.63) is 35.4 Å². The van der Waals surface area contributed by atoms with Gasteiger partial charge in [-0.2, -0.15) is 0 Å². The molecule has 13 heavy (non-hydrogen) atoms. The molecule has 1 nitrogen and oxygen atoms in total. The maximum absolute atomic E-state index is 9.24. The van der Waals surface area contributed by atoms with E-state index in [-0.39, 0.29) is 6.61 Å². The first-order chi connectivity index (χ1) is 6.29. The summed E-state index contributed by atoms with van der Waals surface area (Å²) in [5.41, 5.74) is 2.59. The molecule has 0 aliphatic carbocycles. The Morgan fingerprint density at radius 2 is 2.00 bits per heavy atom. The van der Waals surface area contributed by atoms with Crippen molar-refractivity contribution in [3.8, 4) is 0 Å². The molecule has 0 spiro atoms. The minimum absolute atomic E-state index is 0.263. The summed E-state index contributed by atoms with van der Waals surface area (Å²) in [5, 5.41) is 9.24. The summed E-state index contributed by atoms with van der Waals surface area (Å²) in [4.78, 5) is 0. The van der Waals surface area contributed by atoms with Gasteiger partial charge in [-0.3, -0.25) is 0 Å². The van der Waals surface area contributed by atoms with Gasteiger partial charge in [-0.15, -0.1) is 0 Å². The normalized spacial score (nSPS) is 12.8. The van der Waals surface area contributed by atoms with E-state index in [4.69, 9.17) is 0 Å². The van der Waals surface area contributed by atoms with Crippen molar-refractivity contribution >= 4 is 0 Å². The molecule has 0 bridgehead atoms. The average molecular weight is 178 g/mol. The highest BCUT2D eigenvalue weighted by molar-refractivity contribution is 5.29. The zero-order chi connectivity index (χ0) is 9.68. The molecule has 1 N–H and O–H groups in total. The zero-order valence-corrected chi connectivity index (χ0v) is 8.46. The van der Waals surface area contributed by atoms with Crippen molar-refractivity contribution in [2.75, 3.05) is 6.61 Å². The van der Waals surface area contributed by atoms with E-state index < -0.39 is 0 Å². The quantitative estimate of drug-likeness (QED) is 0.751. The molecule has 1 heteroatoms. The summed E-state index contributed by atoms with van der Waals surface area (Å²) in [6.07, 6.45) is 2.20. The molecule has 0 saturated carbocycles. The van der Waals surface area contributed by atoms with Gasteiger partial charge < -0.3 is 5.11 Å². The highest BCUT2D eigenvalue weighted by Gasteiger charge is 2.10. The zero-order valence-electron chi connectivity index (χ0n) is 8.46. The predicted molar refractivity (Wildman–Crippen MR) is 55.9 cm³/mol. The third-order valence-electron chi connectivity index (χ3n) is 2.49. The Bertz CT molecular complexity index is 255. The van der Waals surface area contributed by atoms with Gasteiger partial charge >= 0.3 is 0 Å². The van der Waals surface area contributed by atoms with Crippen molar-refractivity contribution in [2.45, 2.75) is 32.6 Å². The lowest BCUT2D eigenvalue weighted by molar-refractivity contribution is 0.258. The van der Waals surface area contributed by atoms with Crippen LogP contribution in [-0.2, 0) is 0 Å². The molecule has 0 aliphatic heterocycles. The lowest BCUT2D eigenvalue weighted by Crippen LogP contribution is -2.05. The number of aliphatic hydroxyl groups excluding tert-OH is 1. The van der Waals surface area contributed by atoms with E-state index >= 15 is 0 Å². The molecule has 0 aliphatic rings. The Labute approximate surface area is 80.4 Å². The van der Waals surface area contributed by atoms with Gasteiger partial charge in [-0.25, -0.2) is 0 Å². The number of aryl methyl sites for hydroxylation is 1. The van der Waals surface area contributed by atoms with Crippen LogP contribution >= 0.6 is 0 Å². The van der Waals surface area contributed by atoms with Crippen LogP contribution in [0, 0.1) is 6.92 Å². The molecule has 0 heterocycles. The smallest absolute Gasteiger partial charge is 0.0499 e. The highest BCUT2D eigenvalue weighted by atomic mass is 16.3. The fourth-order valence-electron chi connectivity index (χ4n) is 1.74. The van der Waals surface area contributed by atoms with Crippen LogP contribution in [0.15, 0.2) is 24.3 Å². The van der Waals surface area contributed by atoms with Crippen LogP contribution in [0.1, 0.15) is 36.8 Å². The fourth-order valence-corrected chi connectivity index (χ4v) is 1.74. The molecule has 0 aromatic heterocycles. The van der Waals surface area contributed by atoms with Gasteiger partial charge in [-0.1, -0.05) is 37.6 Å². The SMILES string of the molecule is CCCC(CO)c1ccccc1C. The standard InChI is InChI=1S/C12H18O/c1-3-6-11(9-13)12-8-5-4-7-10(12)2/h4-5,7-8,11,13H,3,6,9H2,1-2H3. The average Bonchev–Trinajstić information content (AvgIpc) is 2.16.